The molecule has 0 saturated carbocycles. The van der Waals surface area contributed by atoms with E-state index in [1.54, 1.807) is 12.1 Å². The number of halogens is 2. The molecule has 1 aromatic carbocycles. The number of rotatable bonds is 8. The molecule has 0 aliphatic rings. The van der Waals surface area contributed by atoms with Gasteiger partial charge in [-0.25, -0.2) is 8.42 Å². The third kappa shape index (κ3) is 7.00. The molecule has 0 aliphatic heterocycles. The third-order valence-electron chi connectivity index (χ3n) is 2.91. The highest BCUT2D eigenvalue weighted by Crippen LogP contribution is 2.29. The number of hydrogen-bond donors (Lipinski definition) is 2. The summed E-state index contributed by atoms with van der Waals surface area (Å²) in [5.41, 5.74) is 1.37. The first-order valence-corrected chi connectivity index (χ1v) is 9.73. The summed E-state index contributed by atoms with van der Waals surface area (Å²) in [6.07, 6.45) is 1.45. The lowest BCUT2D eigenvalue weighted by atomic mass is 10.2. The molecule has 0 aliphatic carbocycles. The van der Waals surface area contributed by atoms with Crippen LogP contribution in [0.4, 0.5) is 5.69 Å². The van der Waals surface area contributed by atoms with Crippen molar-refractivity contribution in [3.05, 3.63) is 27.2 Å². The van der Waals surface area contributed by atoms with Gasteiger partial charge in [-0.2, -0.15) is 0 Å². The number of aryl methyl sites for hydroxylation is 1. The first-order valence-electron chi connectivity index (χ1n) is 6.91. The van der Waals surface area contributed by atoms with Crippen LogP contribution in [0, 0.1) is 6.92 Å². The van der Waals surface area contributed by atoms with Gasteiger partial charge in [0.15, 0.2) is 0 Å². The Labute approximate surface area is 140 Å². The van der Waals surface area contributed by atoms with Gasteiger partial charge in [0, 0.05) is 15.5 Å². The SMILES string of the molecule is Cc1cc(Br)c(NS(=O)(=O)CCCCNC(C)C)cc1Cl. The van der Waals surface area contributed by atoms with E-state index in [9.17, 15) is 8.42 Å². The maximum absolute atomic E-state index is 12.0. The maximum Gasteiger partial charge on any atom is 0.232 e. The zero-order chi connectivity index (χ0) is 16.0. The highest BCUT2D eigenvalue weighted by atomic mass is 79.9. The summed E-state index contributed by atoms with van der Waals surface area (Å²) in [7, 11) is -3.35. The van der Waals surface area contributed by atoms with Gasteiger partial charge in [0.25, 0.3) is 0 Å². The van der Waals surface area contributed by atoms with Gasteiger partial charge < -0.3 is 5.32 Å². The van der Waals surface area contributed by atoms with Gasteiger partial charge in [-0.15, -0.1) is 0 Å². The predicted octanol–water partition coefficient (Wildman–Crippen LogP) is 3.93. The second-order valence-corrected chi connectivity index (χ2v) is 8.42. The summed E-state index contributed by atoms with van der Waals surface area (Å²) >= 11 is 9.37. The normalized spacial score (nSPS) is 11.9. The minimum atomic E-state index is -3.35. The summed E-state index contributed by atoms with van der Waals surface area (Å²) in [5.74, 6) is 0.102. The van der Waals surface area contributed by atoms with Crippen LogP contribution in [0.15, 0.2) is 16.6 Å². The molecule has 1 aromatic rings. The molecule has 120 valence electrons. The molecule has 2 N–H and O–H groups in total. The molecule has 7 heteroatoms. The van der Waals surface area contributed by atoms with Crippen LogP contribution in [0.25, 0.3) is 0 Å². The molecule has 0 radical (unpaired) electrons. The van der Waals surface area contributed by atoms with E-state index in [1.165, 1.54) is 0 Å². The van der Waals surface area contributed by atoms with Crippen LogP contribution in [0.1, 0.15) is 32.3 Å². The second-order valence-electron chi connectivity index (χ2n) is 5.32. The van der Waals surface area contributed by atoms with Crippen molar-refractivity contribution in [1.29, 1.82) is 0 Å². The molecule has 0 heterocycles. The first-order chi connectivity index (χ1) is 9.71. The van der Waals surface area contributed by atoms with E-state index in [1.807, 2.05) is 6.92 Å². The minimum Gasteiger partial charge on any atom is -0.315 e. The first kappa shape index (κ1) is 18.7. The average Bonchev–Trinajstić information content (AvgIpc) is 2.34. The summed E-state index contributed by atoms with van der Waals surface area (Å²) in [4.78, 5) is 0. The van der Waals surface area contributed by atoms with Crippen molar-refractivity contribution in [2.45, 2.75) is 39.7 Å². The molecule has 1 rings (SSSR count). The fraction of sp³-hybridized carbons (Fsp3) is 0.571. The van der Waals surface area contributed by atoms with Crippen molar-refractivity contribution >= 4 is 43.2 Å². The van der Waals surface area contributed by atoms with E-state index in [0.717, 1.165) is 18.5 Å². The second kappa shape index (κ2) is 8.36. The maximum atomic E-state index is 12.0. The number of nitrogens with one attached hydrogen (secondary N) is 2. The van der Waals surface area contributed by atoms with E-state index in [0.29, 0.717) is 27.6 Å². The van der Waals surface area contributed by atoms with Gasteiger partial charge in [-0.1, -0.05) is 25.4 Å². The molecule has 0 atom stereocenters. The van der Waals surface area contributed by atoms with E-state index < -0.39 is 10.0 Å². The third-order valence-corrected chi connectivity index (χ3v) is 5.33. The van der Waals surface area contributed by atoms with E-state index in [2.05, 4.69) is 39.8 Å². The van der Waals surface area contributed by atoms with Crippen LogP contribution in [-0.2, 0) is 10.0 Å². The predicted molar refractivity (Wildman–Crippen MR) is 93.7 cm³/mol. The molecule has 21 heavy (non-hydrogen) atoms. The van der Waals surface area contributed by atoms with Gasteiger partial charge >= 0.3 is 0 Å². The molecular formula is C14H22BrClN2O2S. The molecule has 0 amide bonds. The molecular weight excluding hydrogens is 376 g/mol. The largest absolute Gasteiger partial charge is 0.315 e. The number of sulfonamides is 1. The standard InChI is InChI=1S/C14H22BrClN2O2S/c1-10(2)17-6-4-5-7-21(19,20)18-14-9-13(16)11(3)8-12(14)15/h8-10,17-18H,4-7H2,1-3H3. The minimum absolute atomic E-state index is 0.102. The fourth-order valence-electron chi connectivity index (χ4n) is 1.75. The van der Waals surface area contributed by atoms with Crippen molar-refractivity contribution in [3.8, 4) is 0 Å². The molecule has 0 saturated heterocycles. The highest BCUT2D eigenvalue weighted by Gasteiger charge is 2.13. The molecule has 0 unspecified atom stereocenters. The lowest BCUT2D eigenvalue weighted by Gasteiger charge is -2.12. The molecule has 0 bridgehead atoms. The van der Waals surface area contributed by atoms with E-state index in [-0.39, 0.29) is 5.75 Å². The van der Waals surface area contributed by atoms with Crippen LogP contribution < -0.4 is 10.0 Å². The van der Waals surface area contributed by atoms with Crippen molar-refractivity contribution in [3.63, 3.8) is 0 Å². The Morgan fingerprint density at radius 1 is 1.29 bits per heavy atom. The van der Waals surface area contributed by atoms with Gasteiger partial charge in [0.2, 0.25) is 10.0 Å². The Hall–Kier alpha value is -0.300. The fourth-order valence-corrected chi connectivity index (χ4v) is 3.79. The topological polar surface area (TPSA) is 58.2 Å². The smallest absolute Gasteiger partial charge is 0.232 e. The molecule has 0 spiro atoms. The average molecular weight is 398 g/mol. The Balaban J connectivity index is 2.55. The van der Waals surface area contributed by atoms with Crippen LogP contribution >= 0.6 is 27.5 Å². The van der Waals surface area contributed by atoms with Crippen LogP contribution in [-0.4, -0.2) is 26.8 Å². The van der Waals surface area contributed by atoms with Crippen LogP contribution in [0.3, 0.4) is 0 Å². The van der Waals surface area contributed by atoms with Crippen molar-refractivity contribution in [2.24, 2.45) is 0 Å². The summed E-state index contributed by atoms with van der Waals surface area (Å²) in [5, 5.41) is 3.80. The Morgan fingerprint density at radius 2 is 1.95 bits per heavy atom. The number of anilines is 1. The monoisotopic (exact) mass is 396 g/mol. The Bertz CT molecular complexity index is 577. The van der Waals surface area contributed by atoms with Crippen molar-refractivity contribution < 1.29 is 8.42 Å². The Kier molecular flexibility index (Phi) is 7.47. The van der Waals surface area contributed by atoms with Gasteiger partial charge in [0.1, 0.15) is 0 Å². The zero-order valence-electron chi connectivity index (χ0n) is 12.5. The van der Waals surface area contributed by atoms with Gasteiger partial charge in [0.05, 0.1) is 11.4 Å². The van der Waals surface area contributed by atoms with Crippen molar-refractivity contribution in [2.75, 3.05) is 17.0 Å². The lowest BCUT2D eigenvalue weighted by molar-refractivity contribution is 0.561. The Morgan fingerprint density at radius 3 is 2.57 bits per heavy atom. The zero-order valence-corrected chi connectivity index (χ0v) is 15.7. The van der Waals surface area contributed by atoms with Gasteiger partial charge in [-0.05, 0) is 59.9 Å². The van der Waals surface area contributed by atoms with Gasteiger partial charge in [-0.3, -0.25) is 4.72 Å². The van der Waals surface area contributed by atoms with E-state index >= 15 is 0 Å². The lowest BCUT2D eigenvalue weighted by Crippen LogP contribution is -2.24. The number of benzene rings is 1. The number of unbranched alkanes of at least 4 members (excludes halogenated alkanes) is 1. The molecule has 0 fully saturated rings. The summed E-state index contributed by atoms with van der Waals surface area (Å²) in [6.45, 7) is 6.83. The molecule has 4 nitrogen and oxygen atoms in total. The van der Waals surface area contributed by atoms with E-state index in [4.69, 9.17) is 11.6 Å². The molecule has 0 aromatic heterocycles. The highest BCUT2D eigenvalue weighted by molar-refractivity contribution is 9.10. The number of hydrogen-bond acceptors (Lipinski definition) is 3. The summed E-state index contributed by atoms with van der Waals surface area (Å²) in [6, 6.07) is 3.84. The van der Waals surface area contributed by atoms with Crippen LogP contribution in [0.2, 0.25) is 5.02 Å². The van der Waals surface area contributed by atoms with Crippen molar-refractivity contribution in [1.82, 2.24) is 5.32 Å². The van der Waals surface area contributed by atoms with Crippen LogP contribution in [0.5, 0.6) is 0 Å². The quantitative estimate of drug-likeness (QED) is 0.653. The summed E-state index contributed by atoms with van der Waals surface area (Å²) < 4.78 is 27.4.